The molecule has 5 heteroatoms. The van der Waals surface area contributed by atoms with Crippen molar-refractivity contribution >= 4 is 11.6 Å². The third-order valence-electron chi connectivity index (χ3n) is 3.12. The predicted octanol–water partition coefficient (Wildman–Crippen LogP) is 3.40. The number of hydrogen-bond donors (Lipinski definition) is 1. The Morgan fingerprint density at radius 1 is 1.35 bits per heavy atom. The minimum atomic E-state index is 0.135. The monoisotopic (exact) mass is 293 g/mol. The zero-order valence-electron chi connectivity index (χ0n) is 11.8. The Hall–Kier alpha value is -1.39. The molecule has 2 rings (SSSR count). The van der Waals surface area contributed by atoms with Crippen LogP contribution in [0, 0.1) is 5.92 Å². The highest BCUT2D eigenvalue weighted by molar-refractivity contribution is 6.30. The molecular weight excluding hydrogens is 274 g/mol. The third-order valence-corrected chi connectivity index (χ3v) is 3.36. The lowest BCUT2D eigenvalue weighted by atomic mass is 9.97. The Labute approximate surface area is 124 Å². The van der Waals surface area contributed by atoms with Crippen molar-refractivity contribution in [3.63, 3.8) is 0 Å². The van der Waals surface area contributed by atoms with E-state index in [1.807, 2.05) is 24.3 Å². The first-order chi connectivity index (χ1) is 9.58. The molecule has 1 aromatic carbocycles. The van der Waals surface area contributed by atoms with Gasteiger partial charge in [-0.25, -0.2) is 0 Å². The van der Waals surface area contributed by atoms with Crippen LogP contribution >= 0.6 is 11.6 Å². The van der Waals surface area contributed by atoms with Gasteiger partial charge in [-0.2, -0.15) is 4.98 Å². The van der Waals surface area contributed by atoms with E-state index in [1.54, 1.807) is 0 Å². The van der Waals surface area contributed by atoms with Crippen LogP contribution in [0.3, 0.4) is 0 Å². The molecule has 0 spiro atoms. The molecular formula is C15H20ClN3O. The van der Waals surface area contributed by atoms with Gasteiger partial charge >= 0.3 is 0 Å². The number of rotatable bonds is 6. The summed E-state index contributed by atoms with van der Waals surface area (Å²) in [7, 11) is 0. The van der Waals surface area contributed by atoms with Crippen LogP contribution in [0.15, 0.2) is 28.8 Å². The average Bonchev–Trinajstić information content (AvgIpc) is 2.84. The highest BCUT2D eigenvalue weighted by Crippen LogP contribution is 2.22. The highest BCUT2D eigenvalue weighted by atomic mass is 35.5. The van der Waals surface area contributed by atoms with E-state index in [9.17, 15) is 0 Å². The van der Waals surface area contributed by atoms with E-state index < -0.39 is 0 Å². The van der Waals surface area contributed by atoms with Gasteiger partial charge in [0, 0.05) is 18.0 Å². The van der Waals surface area contributed by atoms with Crippen molar-refractivity contribution in [2.45, 2.75) is 32.6 Å². The molecule has 0 saturated carbocycles. The second-order valence-electron chi connectivity index (χ2n) is 5.42. The number of hydrogen-bond acceptors (Lipinski definition) is 4. The molecule has 1 unspecified atom stereocenters. The normalized spacial score (nSPS) is 12.8. The lowest BCUT2D eigenvalue weighted by Crippen LogP contribution is -2.15. The lowest BCUT2D eigenvalue weighted by molar-refractivity contribution is 0.332. The summed E-state index contributed by atoms with van der Waals surface area (Å²) < 4.78 is 5.35. The van der Waals surface area contributed by atoms with Gasteiger partial charge in [-0.3, -0.25) is 0 Å². The second-order valence-corrected chi connectivity index (χ2v) is 5.85. The van der Waals surface area contributed by atoms with E-state index in [0.717, 1.165) is 12.0 Å². The van der Waals surface area contributed by atoms with Crippen LogP contribution in [0.4, 0.5) is 0 Å². The third kappa shape index (κ3) is 4.05. The van der Waals surface area contributed by atoms with Crippen LogP contribution in [0.5, 0.6) is 0 Å². The smallest absolute Gasteiger partial charge is 0.231 e. The SMILES string of the molecule is CC(C)CC(CN)c1nc(Cc2cccc(Cl)c2)no1. The molecule has 1 aromatic heterocycles. The zero-order valence-corrected chi connectivity index (χ0v) is 12.6. The molecule has 4 nitrogen and oxygen atoms in total. The Morgan fingerprint density at radius 2 is 2.15 bits per heavy atom. The second kappa shape index (κ2) is 6.86. The van der Waals surface area contributed by atoms with Crippen LogP contribution in [0.2, 0.25) is 5.02 Å². The summed E-state index contributed by atoms with van der Waals surface area (Å²) in [6.07, 6.45) is 1.57. The first-order valence-electron chi connectivity index (χ1n) is 6.85. The molecule has 0 radical (unpaired) electrons. The first kappa shape index (κ1) is 15.0. The van der Waals surface area contributed by atoms with Gasteiger partial charge in [0.1, 0.15) is 0 Å². The van der Waals surface area contributed by atoms with Gasteiger partial charge in [0.05, 0.1) is 5.92 Å². The molecule has 0 amide bonds. The van der Waals surface area contributed by atoms with Gasteiger partial charge in [0.15, 0.2) is 5.82 Å². The maximum Gasteiger partial charge on any atom is 0.231 e. The van der Waals surface area contributed by atoms with E-state index in [4.69, 9.17) is 21.9 Å². The maximum atomic E-state index is 5.97. The average molecular weight is 294 g/mol. The van der Waals surface area contributed by atoms with Crippen molar-refractivity contribution in [2.75, 3.05) is 6.54 Å². The van der Waals surface area contributed by atoms with E-state index in [2.05, 4.69) is 24.0 Å². The van der Waals surface area contributed by atoms with E-state index in [-0.39, 0.29) is 5.92 Å². The first-order valence-corrected chi connectivity index (χ1v) is 7.23. The van der Waals surface area contributed by atoms with Crippen molar-refractivity contribution < 1.29 is 4.52 Å². The Kier molecular flexibility index (Phi) is 5.15. The fourth-order valence-electron chi connectivity index (χ4n) is 2.20. The fraction of sp³-hybridized carbons (Fsp3) is 0.467. The minimum absolute atomic E-state index is 0.135. The van der Waals surface area contributed by atoms with Crippen LogP contribution in [-0.2, 0) is 6.42 Å². The maximum absolute atomic E-state index is 5.97. The topological polar surface area (TPSA) is 64.9 Å². The molecule has 1 heterocycles. The quantitative estimate of drug-likeness (QED) is 0.886. The Balaban J connectivity index is 2.08. The van der Waals surface area contributed by atoms with Crippen molar-refractivity contribution in [3.05, 3.63) is 46.6 Å². The summed E-state index contributed by atoms with van der Waals surface area (Å²) in [5.74, 6) is 1.99. The summed E-state index contributed by atoms with van der Waals surface area (Å²) in [6, 6.07) is 7.67. The molecule has 0 saturated heterocycles. The number of nitrogens with zero attached hydrogens (tertiary/aromatic N) is 2. The standard InChI is InChI=1S/C15H20ClN3O/c1-10(2)6-12(9-17)15-18-14(19-20-15)8-11-4-3-5-13(16)7-11/h3-5,7,10,12H,6,8-9,17H2,1-2H3. The molecule has 0 aliphatic heterocycles. The lowest BCUT2D eigenvalue weighted by Gasteiger charge is -2.11. The largest absolute Gasteiger partial charge is 0.339 e. The van der Waals surface area contributed by atoms with E-state index in [0.29, 0.717) is 35.6 Å². The van der Waals surface area contributed by atoms with Crippen molar-refractivity contribution in [3.8, 4) is 0 Å². The molecule has 0 fully saturated rings. The molecule has 0 aliphatic carbocycles. The summed E-state index contributed by atoms with van der Waals surface area (Å²) >= 11 is 5.97. The highest BCUT2D eigenvalue weighted by Gasteiger charge is 2.19. The van der Waals surface area contributed by atoms with Gasteiger partial charge in [-0.1, -0.05) is 42.7 Å². The molecule has 0 bridgehead atoms. The van der Waals surface area contributed by atoms with Crippen LogP contribution in [-0.4, -0.2) is 16.7 Å². The van der Waals surface area contributed by atoms with Crippen molar-refractivity contribution in [2.24, 2.45) is 11.7 Å². The predicted molar refractivity (Wildman–Crippen MR) is 79.8 cm³/mol. The van der Waals surface area contributed by atoms with Gasteiger partial charge < -0.3 is 10.3 Å². The molecule has 2 N–H and O–H groups in total. The van der Waals surface area contributed by atoms with Gasteiger partial charge in [-0.05, 0) is 30.0 Å². The number of halogens is 1. The van der Waals surface area contributed by atoms with Gasteiger partial charge in [-0.15, -0.1) is 0 Å². The number of benzene rings is 1. The Morgan fingerprint density at radius 3 is 2.80 bits per heavy atom. The van der Waals surface area contributed by atoms with Crippen LogP contribution in [0.1, 0.15) is 43.5 Å². The van der Waals surface area contributed by atoms with Gasteiger partial charge in [0.2, 0.25) is 5.89 Å². The van der Waals surface area contributed by atoms with Crippen molar-refractivity contribution in [1.82, 2.24) is 10.1 Å². The van der Waals surface area contributed by atoms with Crippen LogP contribution in [0.25, 0.3) is 0 Å². The summed E-state index contributed by atoms with van der Waals surface area (Å²) in [6.45, 7) is 4.84. The zero-order chi connectivity index (χ0) is 14.5. The number of nitrogens with two attached hydrogens (primary N) is 1. The molecule has 1 atom stereocenters. The summed E-state index contributed by atoms with van der Waals surface area (Å²) in [5.41, 5.74) is 6.86. The minimum Gasteiger partial charge on any atom is -0.339 e. The molecule has 108 valence electrons. The molecule has 2 aromatic rings. The van der Waals surface area contributed by atoms with Gasteiger partial charge in [0.25, 0.3) is 0 Å². The summed E-state index contributed by atoms with van der Waals surface area (Å²) in [4.78, 5) is 4.46. The Bertz CT molecular complexity index is 554. The van der Waals surface area contributed by atoms with Crippen LogP contribution < -0.4 is 5.73 Å². The van der Waals surface area contributed by atoms with E-state index in [1.165, 1.54) is 0 Å². The number of aromatic nitrogens is 2. The fourth-order valence-corrected chi connectivity index (χ4v) is 2.41. The van der Waals surface area contributed by atoms with Crippen molar-refractivity contribution in [1.29, 1.82) is 0 Å². The summed E-state index contributed by atoms with van der Waals surface area (Å²) in [5, 5.41) is 4.75. The van der Waals surface area contributed by atoms with E-state index >= 15 is 0 Å². The molecule has 20 heavy (non-hydrogen) atoms. The molecule has 0 aliphatic rings.